The molecule has 6 unspecified atom stereocenters. The molecule has 0 radical (unpaired) electrons. The van der Waals surface area contributed by atoms with E-state index in [4.69, 9.17) is 9.47 Å². The molecule has 6 saturated heterocycles. The molecule has 46 heavy (non-hydrogen) atoms. The van der Waals surface area contributed by atoms with Crippen LogP contribution in [0.15, 0.2) is 48.5 Å². The highest BCUT2D eigenvalue weighted by Crippen LogP contribution is 2.36. The van der Waals surface area contributed by atoms with Crippen LogP contribution in [0.5, 0.6) is 0 Å². The lowest BCUT2D eigenvalue weighted by atomic mass is 10.0. The summed E-state index contributed by atoms with van der Waals surface area (Å²) in [5.41, 5.74) is 1.34. The van der Waals surface area contributed by atoms with Crippen LogP contribution in [0, 0.1) is 11.6 Å². The summed E-state index contributed by atoms with van der Waals surface area (Å²) in [4.78, 5) is 4.93. The third-order valence-electron chi connectivity index (χ3n) is 11.4. The monoisotopic (exact) mass is 661 g/mol. The molecular formula is C37H54ClF2N3O3. The molecule has 2 N–H and O–H groups in total. The molecule has 0 aliphatic carbocycles. The molecule has 8 rings (SSSR count). The van der Waals surface area contributed by atoms with Crippen LogP contribution in [-0.4, -0.2) is 83.6 Å². The number of benzene rings is 2. The summed E-state index contributed by atoms with van der Waals surface area (Å²) in [7, 11) is 4.41. The van der Waals surface area contributed by atoms with Gasteiger partial charge in [0, 0.05) is 47.4 Å². The molecule has 2 aromatic carbocycles. The zero-order valence-corrected chi connectivity index (χ0v) is 28.4. The van der Waals surface area contributed by atoms with Crippen molar-refractivity contribution in [3.8, 4) is 0 Å². The molecule has 6 aliphatic heterocycles. The number of aliphatic hydroxyl groups is 1. The van der Waals surface area contributed by atoms with E-state index in [-0.39, 0.29) is 30.1 Å². The van der Waals surface area contributed by atoms with Crippen LogP contribution in [0.2, 0.25) is 0 Å². The van der Waals surface area contributed by atoms with Gasteiger partial charge in [-0.3, -0.25) is 0 Å². The fraction of sp³-hybridized carbons (Fsp3) is 0.676. The van der Waals surface area contributed by atoms with Gasteiger partial charge in [0.1, 0.15) is 11.6 Å². The van der Waals surface area contributed by atoms with E-state index in [9.17, 15) is 13.9 Å². The van der Waals surface area contributed by atoms with Gasteiger partial charge in [0.15, 0.2) is 0 Å². The lowest BCUT2D eigenvalue weighted by molar-refractivity contribution is -0.0219. The number of halogens is 3. The van der Waals surface area contributed by atoms with Crippen molar-refractivity contribution >= 4 is 12.4 Å². The summed E-state index contributed by atoms with van der Waals surface area (Å²) in [6.45, 7) is 0.803. The maximum Gasteiger partial charge on any atom is 0.128 e. The lowest BCUT2D eigenvalue weighted by Crippen LogP contribution is -2.42. The average molecular weight is 662 g/mol. The Morgan fingerprint density at radius 1 is 0.630 bits per heavy atom. The molecule has 9 heteroatoms. The van der Waals surface area contributed by atoms with Gasteiger partial charge < -0.3 is 29.7 Å². The second-order valence-corrected chi connectivity index (χ2v) is 14.4. The Hall–Kier alpha value is -1.65. The van der Waals surface area contributed by atoms with E-state index < -0.39 is 0 Å². The quantitative estimate of drug-likeness (QED) is 0.363. The summed E-state index contributed by atoms with van der Waals surface area (Å²) in [5.74, 6) is -0.321. The SMILES string of the molecule is CN1C2CCC1CC(O)C2.CN1C2CCC1CC(OCc1ccccc1F)C2.Cl.Fc1ccccc1COC1CC2CCC(C1)N2. The van der Waals surface area contributed by atoms with Crippen molar-refractivity contribution in [3.63, 3.8) is 0 Å². The first-order chi connectivity index (χ1) is 21.8. The maximum atomic E-state index is 13.5. The first kappa shape index (κ1) is 35.7. The Morgan fingerprint density at radius 3 is 1.46 bits per heavy atom. The topological polar surface area (TPSA) is 57.2 Å². The van der Waals surface area contributed by atoms with Crippen LogP contribution in [0.3, 0.4) is 0 Å². The minimum absolute atomic E-state index is 0. The number of piperidine rings is 3. The van der Waals surface area contributed by atoms with Crippen molar-refractivity contribution in [2.45, 2.75) is 145 Å². The van der Waals surface area contributed by atoms with Gasteiger partial charge in [-0.25, -0.2) is 8.78 Å². The van der Waals surface area contributed by atoms with Crippen molar-refractivity contribution in [3.05, 3.63) is 71.3 Å². The summed E-state index contributed by atoms with van der Waals surface area (Å²) >= 11 is 0. The zero-order valence-electron chi connectivity index (χ0n) is 27.5. The molecule has 6 bridgehead atoms. The van der Waals surface area contributed by atoms with Crippen molar-refractivity contribution in [1.82, 2.24) is 15.1 Å². The first-order valence-corrected chi connectivity index (χ1v) is 17.4. The number of fused-ring (bicyclic) bond motifs is 6. The largest absolute Gasteiger partial charge is 0.393 e. The van der Waals surface area contributed by atoms with Crippen LogP contribution in [-0.2, 0) is 22.7 Å². The predicted molar refractivity (Wildman–Crippen MR) is 180 cm³/mol. The molecule has 0 saturated carbocycles. The van der Waals surface area contributed by atoms with Gasteiger partial charge in [-0.05, 0) is 103 Å². The van der Waals surface area contributed by atoms with E-state index in [0.717, 1.165) is 38.5 Å². The molecule has 6 atom stereocenters. The standard InChI is InChI=1S/C15H20FNO.C14H18FNO.C8H15NO.ClH/c1-17-12-6-7-13(17)9-14(8-12)18-10-11-4-2-3-5-15(11)16;15-14-4-2-1-3-10(14)9-17-13-7-11-5-6-12(8-13)16-11;1-9-6-2-3-7(9)5-8(10)4-6;/h2-5,12-14H,6-10H2,1H3;1-4,11-13,16H,5-9H2;6-8,10H,2-5H2,1H3;1H. The van der Waals surface area contributed by atoms with Crippen LogP contribution >= 0.6 is 12.4 Å². The fourth-order valence-corrected chi connectivity index (χ4v) is 8.67. The van der Waals surface area contributed by atoms with Gasteiger partial charge in [0.2, 0.25) is 0 Å². The highest BCUT2D eigenvalue weighted by atomic mass is 35.5. The number of rotatable bonds is 6. The van der Waals surface area contributed by atoms with E-state index in [2.05, 4.69) is 29.2 Å². The minimum atomic E-state index is -0.163. The van der Waals surface area contributed by atoms with Gasteiger partial charge in [0.25, 0.3) is 0 Å². The number of nitrogens with one attached hydrogen (secondary N) is 1. The van der Waals surface area contributed by atoms with E-state index >= 15 is 0 Å². The van der Waals surface area contributed by atoms with Crippen LogP contribution < -0.4 is 5.32 Å². The Kier molecular flexibility index (Phi) is 12.9. The molecule has 6 nitrogen and oxygen atoms in total. The van der Waals surface area contributed by atoms with Crippen molar-refractivity contribution in [2.24, 2.45) is 0 Å². The van der Waals surface area contributed by atoms with Gasteiger partial charge in [-0.2, -0.15) is 0 Å². The number of ether oxygens (including phenoxy) is 2. The van der Waals surface area contributed by atoms with Crippen LogP contribution in [0.4, 0.5) is 8.78 Å². The Morgan fingerprint density at radius 2 is 1.02 bits per heavy atom. The molecule has 6 heterocycles. The maximum absolute atomic E-state index is 13.5. The third-order valence-corrected chi connectivity index (χ3v) is 11.4. The van der Waals surface area contributed by atoms with Gasteiger partial charge in [-0.15, -0.1) is 12.4 Å². The Balaban J connectivity index is 0.000000140. The van der Waals surface area contributed by atoms with E-state index in [0.29, 0.717) is 72.8 Å². The smallest absolute Gasteiger partial charge is 0.128 e. The highest BCUT2D eigenvalue weighted by molar-refractivity contribution is 5.85. The Bertz CT molecular complexity index is 1200. The first-order valence-electron chi connectivity index (χ1n) is 17.4. The van der Waals surface area contributed by atoms with Crippen molar-refractivity contribution in [1.29, 1.82) is 0 Å². The van der Waals surface area contributed by atoms with Gasteiger partial charge >= 0.3 is 0 Å². The lowest BCUT2D eigenvalue weighted by Gasteiger charge is -2.36. The molecular weight excluding hydrogens is 608 g/mol. The number of aliphatic hydroxyl groups excluding tert-OH is 1. The molecule has 6 fully saturated rings. The van der Waals surface area contributed by atoms with E-state index in [1.807, 2.05) is 12.1 Å². The molecule has 256 valence electrons. The molecule has 6 aliphatic rings. The Labute approximate surface area is 280 Å². The molecule has 0 spiro atoms. The van der Waals surface area contributed by atoms with Crippen molar-refractivity contribution in [2.75, 3.05) is 14.1 Å². The van der Waals surface area contributed by atoms with Gasteiger partial charge in [0.05, 0.1) is 31.5 Å². The molecule has 2 aromatic rings. The highest BCUT2D eigenvalue weighted by Gasteiger charge is 2.39. The zero-order chi connectivity index (χ0) is 31.3. The minimum Gasteiger partial charge on any atom is -0.393 e. The van der Waals surface area contributed by atoms with Crippen molar-refractivity contribution < 1.29 is 23.4 Å². The normalized spacial score (nSPS) is 34.6. The van der Waals surface area contributed by atoms with E-state index in [1.54, 1.807) is 24.3 Å². The third kappa shape index (κ3) is 9.07. The van der Waals surface area contributed by atoms with Gasteiger partial charge in [-0.1, -0.05) is 36.4 Å². The molecule has 0 aromatic heterocycles. The second-order valence-electron chi connectivity index (χ2n) is 14.4. The predicted octanol–water partition coefficient (Wildman–Crippen LogP) is 6.62. The van der Waals surface area contributed by atoms with Crippen LogP contribution in [0.25, 0.3) is 0 Å². The second kappa shape index (κ2) is 16.6. The summed E-state index contributed by atoms with van der Waals surface area (Å²) < 4.78 is 38.7. The fourth-order valence-electron chi connectivity index (χ4n) is 8.67. The number of hydrogen-bond donors (Lipinski definition) is 2. The summed E-state index contributed by atoms with van der Waals surface area (Å²) in [5, 5.41) is 13.0. The summed E-state index contributed by atoms with van der Waals surface area (Å²) in [6, 6.07) is 17.7. The number of nitrogens with zero attached hydrogens (tertiary/aromatic N) is 2. The summed E-state index contributed by atoms with van der Waals surface area (Å²) in [6.07, 6.45) is 14.7. The van der Waals surface area contributed by atoms with Crippen LogP contribution in [0.1, 0.15) is 88.2 Å². The average Bonchev–Trinajstić information content (AvgIpc) is 3.53. The molecule has 0 amide bonds. The number of hydrogen-bond acceptors (Lipinski definition) is 6. The van der Waals surface area contributed by atoms with E-state index in [1.165, 1.54) is 50.7 Å².